The number of ether oxygens (including phenoxy) is 1. The molecule has 0 aromatic heterocycles. The van der Waals surface area contributed by atoms with Gasteiger partial charge in [-0.15, -0.1) is 13.2 Å². The number of nitrogens with two attached hydrogens (primary N) is 1. The summed E-state index contributed by atoms with van der Waals surface area (Å²) in [6.07, 6.45) is -9.38. The molecule has 0 aliphatic heterocycles. The fourth-order valence-corrected chi connectivity index (χ4v) is 4.08. The van der Waals surface area contributed by atoms with Gasteiger partial charge in [-0.25, -0.2) is 4.79 Å². The molecule has 0 bridgehead atoms. The van der Waals surface area contributed by atoms with E-state index >= 15 is 0 Å². The fraction of sp³-hybridized carbons (Fsp3) is 0.375. The Hall–Kier alpha value is -4.08. The van der Waals surface area contributed by atoms with Crippen LogP contribution >= 0.6 is 0 Å². The number of carbonyl (C=O) groups excluding carboxylic acids is 3. The van der Waals surface area contributed by atoms with Crippen LogP contribution < -0.4 is 26.4 Å². The van der Waals surface area contributed by atoms with Crippen LogP contribution in [0.25, 0.3) is 0 Å². The predicted octanol–water partition coefficient (Wildman–Crippen LogP) is 0.240. The van der Waals surface area contributed by atoms with Gasteiger partial charge >= 0.3 is 12.4 Å². The van der Waals surface area contributed by atoms with E-state index in [1.165, 1.54) is 24.3 Å². The number of phenolic OH excluding ortho intramolecular Hbond substituents is 1. The van der Waals surface area contributed by atoms with E-state index in [1.807, 2.05) is 0 Å². The first-order valence-electron chi connectivity index (χ1n) is 11.6. The number of urea groups is 1. The molecule has 1 fully saturated rings. The molecule has 4 amide bonds. The van der Waals surface area contributed by atoms with E-state index in [0.717, 1.165) is 24.3 Å². The second kappa shape index (κ2) is 11.8. The highest BCUT2D eigenvalue weighted by atomic mass is 19.4. The summed E-state index contributed by atoms with van der Waals surface area (Å²) in [5.41, 5.74) is 3.66. The normalized spacial score (nSPS) is 23.8. The number of rotatable bonds is 8. The van der Waals surface area contributed by atoms with Crippen LogP contribution in [-0.2, 0) is 16.0 Å². The number of hydrogen-bond donors (Lipinski definition) is 8. The smallest absolute Gasteiger partial charge is 0.508 e. The van der Waals surface area contributed by atoms with E-state index in [1.54, 1.807) is 0 Å². The quantitative estimate of drug-likeness (QED) is 0.226. The minimum atomic E-state index is -4.89. The van der Waals surface area contributed by atoms with Crippen molar-refractivity contribution in [2.75, 3.05) is 5.32 Å². The van der Waals surface area contributed by atoms with Gasteiger partial charge in [0.15, 0.2) is 0 Å². The van der Waals surface area contributed by atoms with Gasteiger partial charge in [-0.05, 0) is 42.0 Å². The highest BCUT2D eigenvalue weighted by molar-refractivity contribution is 5.92. The third-order valence-electron chi connectivity index (χ3n) is 6.02. The summed E-state index contributed by atoms with van der Waals surface area (Å²) in [6, 6.07) is 6.32. The Labute approximate surface area is 219 Å². The molecule has 3 rings (SSSR count). The molecule has 212 valence electrons. The molecule has 2 aromatic rings. The molecule has 1 saturated carbocycles. The molecule has 9 N–H and O–H groups in total. The van der Waals surface area contributed by atoms with E-state index in [2.05, 4.69) is 20.7 Å². The zero-order valence-electron chi connectivity index (χ0n) is 20.2. The van der Waals surface area contributed by atoms with Crippen LogP contribution in [0.1, 0.15) is 18.4 Å². The van der Waals surface area contributed by atoms with Gasteiger partial charge in [0.1, 0.15) is 29.2 Å². The van der Waals surface area contributed by atoms with Crippen LogP contribution in [0.15, 0.2) is 48.5 Å². The number of alkyl halides is 3. The molecule has 5 unspecified atom stereocenters. The molecule has 5 atom stereocenters. The van der Waals surface area contributed by atoms with E-state index in [9.17, 15) is 48.0 Å². The maximum atomic E-state index is 13.0. The molecule has 0 spiro atoms. The summed E-state index contributed by atoms with van der Waals surface area (Å²) in [5.74, 6) is -2.53. The van der Waals surface area contributed by atoms with Crippen molar-refractivity contribution >= 4 is 23.5 Å². The number of aliphatic hydroxyl groups excluding tert-OH is 2. The Bertz CT molecular complexity index is 1180. The number of carbonyl (C=O) groups is 3. The molecule has 12 nitrogen and oxygen atoms in total. The molecule has 1 aliphatic carbocycles. The highest BCUT2D eigenvalue weighted by Gasteiger charge is 2.49. The molecule has 0 heterocycles. The molecule has 0 radical (unpaired) electrons. The van der Waals surface area contributed by atoms with Crippen molar-refractivity contribution < 1.29 is 52.7 Å². The Morgan fingerprint density at radius 2 is 1.67 bits per heavy atom. The van der Waals surface area contributed by atoms with Crippen LogP contribution in [0, 0.1) is 0 Å². The Morgan fingerprint density at radius 3 is 2.23 bits per heavy atom. The number of halogens is 3. The Balaban J connectivity index is 1.64. The average molecular weight is 556 g/mol. The third kappa shape index (κ3) is 8.20. The first-order valence-corrected chi connectivity index (χ1v) is 11.6. The number of primary amides is 1. The second-order valence-electron chi connectivity index (χ2n) is 9.07. The van der Waals surface area contributed by atoms with Gasteiger partial charge in [0.05, 0.1) is 12.1 Å². The standard InChI is InChI=1S/C24H27F3N4O8/c25-24(26,27)39-15-7-3-13(4-8-15)29-22(37)31-17-10-23(38,11-18(33)19(17)34)21(36)30-16(20(28)35)9-12-1-5-14(32)6-2-12/h1-8,16-19,32-34,38H,9-11H2,(H2,28,35)(H,30,36)(H2,29,31,37). The summed E-state index contributed by atoms with van der Waals surface area (Å²) < 4.78 is 40.6. The summed E-state index contributed by atoms with van der Waals surface area (Å²) >= 11 is 0. The lowest BCUT2D eigenvalue weighted by molar-refractivity contribution is -0.274. The average Bonchev–Trinajstić information content (AvgIpc) is 2.83. The molecular weight excluding hydrogens is 529 g/mol. The lowest BCUT2D eigenvalue weighted by atomic mass is 9.77. The van der Waals surface area contributed by atoms with Gasteiger partial charge < -0.3 is 46.8 Å². The Morgan fingerprint density at radius 1 is 1.05 bits per heavy atom. The molecule has 39 heavy (non-hydrogen) atoms. The van der Waals surface area contributed by atoms with Crippen molar-refractivity contribution in [1.29, 1.82) is 0 Å². The number of amides is 4. The van der Waals surface area contributed by atoms with Gasteiger partial charge in [-0.2, -0.15) is 0 Å². The largest absolute Gasteiger partial charge is 0.573 e. The van der Waals surface area contributed by atoms with Crippen molar-refractivity contribution in [3.05, 3.63) is 54.1 Å². The molecular formula is C24H27F3N4O8. The SMILES string of the molecule is NC(=O)C(Cc1ccc(O)cc1)NC(=O)C1(O)CC(O)C(O)C(NC(=O)Nc2ccc(OC(F)(F)F)cc2)C1. The summed E-state index contributed by atoms with van der Waals surface area (Å²) in [7, 11) is 0. The number of phenols is 1. The van der Waals surface area contributed by atoms with Crippen molar-refractivity contribution in [3.8, 4) is 11.5 Å². The predicted molar refractivity (Wildman–Crippen MR) is 128 cm³/mol. The zero-order chi connectivity index (χ0) is 29.0. The second-order valence-corrected chi connectivity index (χ2v) is 9.07. The summed E-state index contributed by atoms with van der Waals surface area (Å²) in [6.45, 7) is 0. The Kier molecular flexibility index (Phi) is 8.88. The number of hydrogen-bond acceptors (Lipinski definition) is 8. The van der Waals surface area contributed by atoms with E-state index in [0.29, 0.717) is 5.56 Å². The molecule has 1 aliphatic rings. The number of benzene rings is 2. The number of nitrogens with one attached hydrogen (secondary N) is 3. The first kappa shape index (κ1) is 29.5. The van der Waals surface area contributed by atoms with E-state index < -0.39 is 72.7 Å². The van der Waals surface area contributed by atoms with Gasteiger partial charge in [0.25, 0.3) is 5.91 Å². The van der Waals surface area contributed by atoms with Gasteiger partial charge in [0, 0.05) is 24.9 Å². The minimum absolute atomic E-state index is 0.0162. The lowest BCUT2D eigenvalue weighted by Crippen LogP contribution is -2.64. The van der Waals surface area contributed by atoms with Crippen molar-refractivity contribution in [2.45, 2.75) is 55.5 Å². The number of anilines is 1. The van der Waals surface area contributed by atoms with Crippen LogP contribution in [0.4, 0.5) is 23.7 Å². The zero-order valence-corrected chi connectivity index (χ0v) is 20.2. The highest BCUT2D eigenvalue weighted by Crippen LogP contribution is 2.30. The van der Waals surface area contributed by atoms with Gasteiger partial charge in [-0.3, -0.25) is 9.59 Å². The van der Waals surface area contributed by atoms with Gasteiger partial charge in [-0.1, -0.05) is 12.1 Å². The minimum Gasteiger partial charge on any atom is -0.508 e. The number of aliphatic hydroxyl groups is 3. The van der Waals surface area contributed by atoms with Crippen LogP contribution in [0.5, 0.6) is 11.5 Å². The fourth-order valence-electron chi connectivity index (χ4n) is 4.08. The molecule has 15 heteroatoms. The molecule has 0 saturated heterocycles. The van der Waals surface area contributed by atoms with E-state index in [4.69, 9.17) is 5.73 Å². The first-order chi connectivity index (χ1) is 18.1. The van der Waals surface area contributed by atoms with Crippen LogP contribution in [-0.4, -0.2) is 74.5 Å². The monoisotopic (exact) mass is 556 g/mol. The maximum absolute atomic E-state index is 13.0. The third-order valence-corrected chi connectivity index (χ3v) is 6.02. The molecule has 2 aromatic carbocycles. The van der Waals surface area contributed by atoms with Crippen LogP contribution in [0.2, 0.25) is 0 Å². The van der Waals surface area contributed by atoms with E-state index in [-0.39, 0.29) is 17.9 Å². The van der Waals surface area contributed by atoms with Gasteiger partial charge in [0.2, 0.25) is 5.91 Å². The summed E-state index contributed by atoms with van der Waals surface area (Å²) in [5, 5.41) is 48.0. The van der Waals surface area contributed by atoms with Crippen molar-refractivity contribution in [1.82, 2.24) is 10.6 Å². The maximum Gasteiger partial charge on any atom is 0.573 e. The summed E-state index contributed by atoms with van der Waals surface area (Å²) in [4.78, 5) is 37.3. The lowest BCUT2D eigenvalue weighted by Gasteiger charge is -2.41. The topological polar surface area (TPSA) is 203 Å². The van der Waals surface area contributed by atoms with Crippen LogP contribution in [0.3, 0.4) is 0 Å². The number of aromatic hydroxyl groups is 1. The van der Waals surface area contributed by atoms with Crippen molar-refractivity contribution in [3.63, 3.8) is 0 Å². The van der Waals surface area contributed by atoms with Crippen molar-refractivity contribution in [2.24, 2.45) is 5.73 Å².